The smallest absolute Gasteiger partial charge is 0.707 e. The first-order chi connectivity index (χ1) is 6.15. The summed E-state index contributed by atoms with van der Waals surface area (Å²) >= 11 is 4.71. The molecular weight excluding hydrogens is 267 g/mol. The van der Waals surface area contributed by atoms with Crippen LogP contribution in [0.25, 0.3) is 0 Å². The molecule has 0 aliphatic heterocycles. The molecule has 7 heteroatoms. The monoisotopic (exact) mass is 282 g/mol. The Morgan fingerprint density at radius 3 is 2.14 bits per heavy atom. The van der Waals surface area contributed by atoms with Gasteiger partial charge in [-0.25, -0.2) is 4.79 Å². The Morgan fingerprint density at radius 1 is 1.29 bits per heavy atom. The average Bonchev–Trinajstić information content (AvgIpc) is 2.03. The van der Waals surface area contributed by atoms with E-state index in [2.05, 4.69) is 6.92 Å². The minimum Gasteiger partial charge on any atom is -0.707 e. The quantitative estimate of drug-likeness (QED) is 0.323. The molecule has 0 spiro atoms. The van der Waals surface area contributed by atoms with Crippen LogP contribution in [0.2, 0.25) is 0 Å². The first-order valence-electron chi connectivity index (χ1n) is 3.98. The maximum atomic E-state index is 8.56. The topological polar surface area (TPSA) is 57.5 Å². The number of hydrogen-bond acceptors (Lipinski definition) is 4. The molecule has 80 valence electrons. The molecule has 0 aromatic rings. The molecule has 0 bridgehead atoms. The van der Waals surface area contributed by atoms with Crippen LogP contribution in [0.3, 0.4) is 0 Å². The van der Waals surface area contributed by atoms with Crippen LogP contribution in [-0.4, -0.2) is 22.1 Å². The van der Waals surface area contributed by atoms with Gasteiger partial charge in [0.05, 0.1) is 0 Å². The Labute approximate surface area is 141 Å². The molecule has 0 saturated carbocycles. The van der Waals surface area contributed by atoms with Crippen LogP contribution >= 0.6 is 20.6 Å². The predicted molar refractivity (Wildman–Crippen MR) is 62.2 cm³/mol. The van der Waals surface area contributed by atoms with E-state index < -0.39 is 6.16 Å². The molecule has 0 aromatic heterocycles. The van der Waals surface area contributed by atoms with E-state index in [9.17, 15) is 0 Å². The van der Waals surface area contributed by atoms with Gasteiger partial charge in [0.2, 0.25) is 0 Å². The summed E-state index contributed by atoms with van der Waals surface area (Å²) in [7, 11) is 3.25. The fourth-order valence-corrected chi connectivity index (χ4v) is 2.18. The molecule has 14 heavy (non-hydrogen) atoms. The largest absolute Gasteiger partial charge is 1.00 e. The Kier molecular flexibility index (Phi) is 31.0. The van der Waals surface area contributed by atoms with Crippen LogP contribution in [-0.2, 0) is 11.7 Å². The molecule has 0 saturated heterocycles. The molecule has 0 amide bonds. The summed E-state index contributed by atoms with van der Waals surface area (Å²) < 4.78 is 0. The molecule has 0 atom stereocenters. The van der Waals surface area contributed by atoms with Gasteiger partial charge in [0, 0.05) is 5.75 Å². The molecule has 0 unspecified atom stereocenters. The van der Waals surface area contributed by atoms with E-state index in [1.807, 2.05) is 0 Å². The first-order valence-corrected chi connectivity index (χ1v) is 7.22. The molecule has 3 nitrogen and oxygen atoms in total. The summed E-state index contributed by atoms with van der Waals surface area (Å²) in [6.45, 7) is 2.23. The van der Waals surface area contributed by atoms with E-state index in [4.69, 9.17) is 26.7 Å². The summed E-state index contributed by atoms with van der Waals surface area (Å²) in [5.41, 5.74) is 0. The van der Waals surface area contributed by atoms with E-state index in [-0.39, 0.29) is 51.4 Å². The van der Waals surface area contributed by atoms with E-state index in [1.165, 1.54) is 41.3 Å². The zero-order chi connectivity index (χ0) is 10.5. The Morgan fingerprint density at radius 2 is 1.79 bits per heavy atom. The van der Waals surface area contributed by atoms with Crippen LogP contribution in [0.15, 0.2) is 0 Å². The molecule has 0 rings (SSSR count). The van der Waals surface area contributed by atoms with Crippen molar-refractivity contribution in [2.75, 3.05) is 5.75 Å². The maximum absolute atomic E-state index is 8.56. The minimum atomic E-state index is -1.83. The zero-order valence-corrected chi connectivity index (χ0v) is 14.1. The summed E-state index contributed by atoms with van der Waals surface area (Å²) in [5.74, 6) is 1.23. The fraction of sp³-hybridized carbons (Fsp3) is 0.857. The molecule has 0 heterocycles. The van der Waals surface area contributed by atoms with Gasteiger partial charge in [-0.15, -0.1) is 10.8 Å². The molecule has 0 aromatic carbocycles. The van der Waals surface area contributed by atoms with E-state index >= 15 is 0 Å². The first kappa shape index (κ1) is 21.3. The van der Waals surface area contributed by atoms with Crippen molar-refractivity contribution < 1.29 is 66.4 Å². The zero-order valence-electron chi connectivity index (χ0n) is 8.56. The van der Waals surface area contributed by atoms with Gasteiger partial charge in [0.15, 0.2) is 0 Å². The third kappa shape index (κ3) is 37.0. The third-order valence-electron chi connectivity index (χ3n) is 1.13. The summed E-state index contributed by atoms with van der Waals surface area (Å²) in [6, 6.07) is 0. The second kappa shape index (κ2) is 20.4. The van der Waals surface area contributed by atoms with Crippen LogP contribution in [0.1, 0.15) is 32.6 Å². The minimum absolute atomic E-state index is 0. The Hall–Kier alpha value is 1.96. The van der Waals surface area contributed by atoms with Crippen LogP contribution < -0.4 is 51.4 Å². The third-order valence-corrected chi connectivity index (χ3v) is 3.34. The van der Waals surface area contributed by atoms with E-state index in [0.29, 0.717) is 0 Å². The molecule has 0 radical (unpaired) electrons. The summed E-state index contributed by atoms with van der Waals surface area (Å²) in [4.78, 5) is 8.56. The van der Waals surface area contributed by atoms with Gasteiger partial charge >= 0.3 is 57.5 Å². The van der Waals surface area contributed by atoms with Gasteiger partial charge in [0.25, 0.3) is 0 Å². The van der Waals surface area contributed by atoms with Crippen LogP contribution in [0.4, 0.5) is 4.79 Å². The van der Waals surface area contributed by atoms with Crippen LogP contribution in [0, 0.1) is 0 Å². The molecule has 0 aliphatic carbocycles. The normalized spacial score (nSPS) is 8.14. The van der Waals surface area contributed by atoms with Gasteiger partial charge in [0.1, 0.15) is 0 Å². The summed E-state index contributed by atoms with van der Waals surface area (Å²) in [5, 5.41) is 13.9. The number of carboxylic acid groups (broad SMARTS) is 2. The van der Waals surface area contributed by atoms with Gasteiger partial charge in [-0.2, -0.15) is 0 Å². The number of rotatable bonds is 6. The van der Waals surface area contributed by atoms with Crippen molar-refractivity contribution >= 4 is 38.4 Å². The van der Waals surface area contributed by atoms with Gasteiger partial charge in [-0.3, -0.25) is 9.83 Å². The number of carbonyl (C=O) groups is 1. The average molecular weight is 282 g/mol. The molecule has 0 aliphatic rings. The SMILES string of the molecule is CCCCCCSS[S-].O=C(O)O.[K+]. The van der Waals surface area contributed by atoms with Crippen molar-refractivity contribution in [2.45, 2.75) is 32.6 Å². The molecule has 2 N–H and O–H groups in total. The van der Waals surface area contributed by atoms with Crippen molar-refractivity contribution in [1.29, 1.82) is 0 Å². The van der Waals surface area contributed by atoms with Gasteiger partial charge in [-0.05, 0) is 6.42 Å². The second-order valence-corrected chi connectivity index (χ2v) is 5.35. The second-order valence-electron chi connectivity index (χ2n) is 2.23. The van der Waals surface area contributed by atoms with Crippen molar-refractivity contribution in [3.8, 4) is 0 Å². The van der Waals surface area contributed by atoms with Gasteiger partial charge < -0.3 is 21.9 Å². The van der Waals surface area contributed by atoms with Crippen molar-refractivity contribution in [1.82, 2.24) is 0 Å². The standard InChI is InChI=1S/C6H14S3.CH2O3.K/c1-2-3-4-5-6-8-9-7;2-1(3)4;/h7H,2-6H2,1H3;(H2,2,3,4);/q;;+1/p-1. The van der Waals surface area contributed by atoms with Crippen molar-refractivity contribution in [3.63, 3.8) is 0 Å². The van der Waals surface area contributed by atoms with Crippen molar-refractivity contribution in [3.05, 3.63) is 0 Å². The van der Waals surface area contributed by atoms with E-state index in [0.717, 1.165) is 0 Å². The number of unbranched alkanes of at least 4 members (excludes halogenated alkanes) is 3. The van der Waals surface area contributed by atoms with E-state index in [1.54, 1.807) is 10.8 Å². The van der Waals surface area contributed by atoms with Crippen LogP contribution in [0.5, 0.6) is 0 Å². The Balaban J connectivity index is -0.000000209. The number of hydrogen-bond donors (Lipinski definition) is 2. The van der Waals surface area contributed by atoms with Gasteiger partial charge in [-0.1, -0.05) is 26.2 Å². The molecular formula is C7H15KO3S3. The predicted octanol–water partition coefficient (Wildman–Crippen LogP) is 0.636. The molecule has 0 fully saturated rings. The fourth-order valence-electron chi connectivity index (χ4n) is 0.622. The maximum Gasteiger partial charge on any atom is 1.00 e. The summed E-state index contributed by atoms with van der Waals surface area (Å²) in [6.07, 6.45) is 3.58. The Bertz CT molecular complexity index is 106. The van der Waals surface area contributed by atoms with Crippen molar-refractivity contribution in [2.24, 2.45) is 0 Å².